The molecule has 1 heterocycles. The summed E-state index contributed by atoms with van der Waals surface area (Å²) in [7, 11) is 1.67. The number of likely N-dealkylation sites (N-methyl/N-ethyl adjacent to an activating group) is 1. The number of benzene rings is 1. The van der Waals surface area contributed by atoms with Crippen LogP contribution in [0.2, 0.25) is 5.02 Å². The van der Waals surface area contributed by atoms with Gasteiger partial charge in [-0.15, -0.1) is 0 Å². The maximum atomic E-state index is 11.9. The van der Waals surface area contributed by atoms with Gasteiger partial charge < -0.3 is 10.6 Å². The smallest absolute Gasteiger partial charge is 0.238 e. The summed E-state index contributed by atoms with van der Waals surface area (Å²) >= 11 is 9.46. The Bertz CT molecular complexity index is 469. The molecule has 1 aromatic carbocycles. The lowest BCUT2D eigenvalue weighted by Gasteiger charge is -2.35. The number of piperazine rings is 1. The molecule has 104 valence electrons. The van der Waals surface area contributed by atoms with E-state index >= 15 is 0 Å². The molecule has 0 radical (unpaired) electrons. The van der Waals surface area contributed by atoms with E-state index < -0.39 is 0 Å². The molecular formula is C13H17BrClN3O. The van der Waals surface area contributed by atoms with Crippen LogP contribution in [0.3, 0.4) is 0 Å². The first-order valence-electron chi connectivity index (χ1n) is 6.22. The highest BCUT2D eigenvalue weighted by molar-refractivity contribution is 9.10. The molecule has 1 aliphatic rings. The normalized spacial score (nSPS) is 20.3. The molecule has 4 nitrogen and oxygen atoms in total. The second kappa shape index (κ2) is 6.70. The lowest BCUT2D eigenvalue weighted by Crippen LogP contribution is -2.56. The summed E-state index contributed by atoms with van der Waals surface area (Å²) in [5.41, 5.74) is 1.14. The van der Waals surface area contributed by atoms with E-state index in [9.17, 15) is 4.79 Å². The maximum absolute atomic E-state index is 11.9. The highest BCUT2D eigenvalue weighted by atomic mass is 79.9. The maximum Gasteiger partial charge on any atom is 0.238 e. The van der Waals surface area contributed by atoms with E-state index in [2.05, 4.69) is 31.5 Å². The molecule has 0 bridgehead atoms. The third-order valence-electron chi connectivity index (χ3n) is 3.29. The fourth-order valence-electron chi connectivity index (χ4n) is 2.23. The molecule has 1 unspecified atom stereocenters. The summed E-state index contributed by atoms with van der Waals surface area (Å²) in [6.45, 7) is 3.17. The largest absolute Gasteiger partial charge is 0.358 e. The zero-order chi connectivity index (χ0) is 13.8. The predicted octanol–water partition coefficient (Wildman–Crippen LogP) is 1.62. The van der Waals surface area contributed by atoms with Gasteiger partial charge in [0.05, 0.1) is 0 Å². The van der Waals surface area contributed by atoms with Gasteiger partial charge in [-0.1, -0.05) is 33.6 Å². The molecule has 1 aromatic rings. The van der Waals surface area contributed by atoms with E-state index in [-0.39, 0.29) is 11.9 Å². The second-order valence-corrected chi connectivity index (χ2v) is 5.83. The Morgan fingerprint density at radius 2 is 2.42 bits per heavy atom. The highest BCUT2D eigenvalue weighted by Crippen LogP contribution is 2.23. The molecule has 1 aliphatic heterocycles. The van der Waals surface area contributed by atoms with E-state index in [0.29, 0.717) is 11.6 Å². The number of nitrogens with one attached hydrogen (secondary N) is 2. The van der Waals surface area contributed by atoms with Gasteiger partial charge in [0.15, 0.2) is 0 Å². The fourth-order valence-corrected chi connectivity index (χ4v) is 3.04. The number of hydrogen-bond acceptors (Lipinski definition) is 3. The van der Waals surface area contributed by atoms with Crippen molar-refractivity contribution in [3.63, 3.8) is 0 Å². The zero-order valence-corrected chi connectivity index (χ0v) is 13.1. The molecule has 2 N–H and O–H groups in total. The quantitative estimate of drug-likeness (QED) is 0.874. The van der Waals surface area contributed by atoms with Gasteiger partial charge in [0.1, 0.15) is 6.04 Å². The minimum Gasteiger partial charge on any atom is -0.358 e. The van der Waals surface area contributed by atoms with E-state index in [1.54, 1.807) is 7.05 Å². The van der Waals surface area contributed by atoms with Crippen LogP contribution in [0.1, 0.15) is 5.56 Å². The molecule has 1 saturated heterocycles. The van der Waals surface area contributed by atoms with Gasteiger partial charge in [-0.25, -0.2) is 0 Å². The minimum atomic E-state index is -0.124. The Morgan fingerprint density at radius 3 is 3.11 bits per heavy atom. The van der Waals surface area contributed by atoms with Crippen LogP contribution in [-0.4, -0.2) is 43.5 Å². The van der Waals surface area contributed by atoms with Crippen molar-refractivity contribution in [1.82, 2.24) is 15.5 Å². The van der Waals surface area contributed by atoms with Gasteiger partial charge in [-0.2, -0.15) is 0 Å². The van der Waals surface area contributed by atoms with Crippen LogP contribution >= 0.6 is 27.5 Å². The first-order chi connectivity index (χ1) is 9.11. The molecule has 0 aromatic heterocycles. The monoisotopic (exact) mass is 345 g/mol. The summed E-state index contributed by atoms with van der Waals surface area (Å²) in [5, 5.41) is 6.68. The van der Waals surface area contributed by atoms with Crippen molar-refractivity contribution in [2.45, 2.75) is 12.6 Å². The molecule has 0 spiro atoms. The molecule has 19 heavy (non-hydrogen) atoms. The van der Waals surface area contributed by atoms with Crippen molar-refractivity contribution >= 4 is 33.4 Å². The van der Waals surface area contributed by atoms with Crippen molar-refractivity contribution < 1.29 is 4.79 Å². The number of rotatable bonds is 3. The van der Waals surface area contributed by atoms with Gasteiger partial charge in [-0.3, -0.25) is 9.69 Å². The summed E-state index contributed by atoms with van der Waals surface area (Å²) in [4.78, 5) is 14.1. The standard InChI is InChI=1S/C13H17BrClN3O/c1-16-13(19)12-7-17-4-5-18(12)8-9-2-3-10(15)6-11(9)14/h2-3,6,12,17H,4-5,7-8H2,1H3,(H,16,19). The number of halogens is 2. The van der Waals surface area contributed by atoms with Crippen LogP contribution < -0.4 is 10.6 Å². The molecule has 0 saturated carbocycles. The number of nitrogens with zero attached hydrogens (tertiary/aromatic N) is 1. The van der Waals surface area contributed by atoms with E-state index in [4.69, 9.17) is 11.6 Å². The predicted molar refractivity (Wildman–Crippen MR) is 80.3 cm³/mol. The summed E-state index contributed by atoms with van der Waals surface area (Å²) in [6.07, 6.45) is 0. The minimum absolute atomic E-state index is 0.0530. The van der Waals surface area contributed by atoms with Gasteiger partial charge in [0.2, 0.25) is 5.91 Å². The zero-order valence-electron chi connectivity index (χ0n) is 10.7. The second-order valence-electron chi connectivity index (χ2n) is 4.54. The van der Waals surface area contributed by atoms with Crippen molar-refractivity contribution in [2.24, 2.45) is 0 Å². The number of carbonyl (C=O) groups is 1. The Morgan fingerprint density at radius 1 is 1.63 bits per heavy atom. The Labute approximate surface area is 126 Å². The van der Waals surface area contributed by atoms with Gasteiger partial charge >= 0.3 is 0 Å². The molecule has 6 heteroatoms. The molecular weight excluding hydrogens is 330 g/mol. The lowest BCUT2D eigenvalue weighted by molar-refractivity contribution is -0.126. The molecule has 1 atom stereocenters. The third-order valence-corrected chi connectivity index (χ3v) is 4.27. The van der Waals surface area contributed by atoms with Crippen molar-refractivity contribution in [1.29, 1.82) is 0 Å². The lowest BCUT2D eigenvalue weighted by atomic mass is 10.1. The van der Waals surface area contributed by atoms with Gasteiger partial charge in [-0.05, 0) is 17.7 Å². The van der Waals surface area contributed by atoms with Crippen LogP contribution in [0.5, 0.6) is 0 Å². The molecule has 2 rings (SSSR count). The van der Waals surface area contributed by atoms with Gasteiger partial charge in [0.25, 0.3) is 0 Å². The topological polar surface area (TPSA) is 44.4 Å². The van der Waals surface area contributed by atoms with E-state index in [0.717, 1.165) is 29.7 Å². The van der Waals surface area contributed by atoms with Crippen LogP contribution in [0.4, 0.5) is 0 Å². The number of hydrogen-bond donors (Lipinski definition) is 2. The third kappa shape index (κ3) is 3.69. The van der Waals surface area contributed by atoms with Crippen LogP contribution in [0.25, 0.3) is 0 Å². The first kappa shape index (κ1) is 14.8. The van der Waals surface area contributed by atoms with E-state index in [1.165, 1.54) is 0 Å². The first-order valence-corrected chi connectivity index (χ1v) is 7.39. The Balaban J connectivity index is 2.13. The Kier molecular flexibility index (Phi) is 5.21. The van der Waals surface area contributed by atoms with Crippen LogP contribution in [0.15, 0.2) is 22.7 Å². The van der Waals surface area contributed by atoms with Crippen molar-refractivity contribution in [3.05, 3.63) is 33.3 Å². The SMILES string of the molecule is CNC(=O)C1CNCCN1Cc1ccc(Cl)cc1Br. The summed E-state index contributed by atoms with van der Waals surface area (Å²) in [6, 6.07) is 5.63. The average Bonchev–Trinajstić information content (AvgIpc) is 2.41. The van der Waals surface area contributed by atoms with Crippen LogP contribution in [-0.2, 0) is 11.3 Å². The van der Waals surface area contributed by atoms with Crippen LogP contribution in [0, 0.1) is 0 Å². The molecule has 1 fully saturated rings. The summed E-state index contributed by atoms with van der Waals surface area (Å²) in [5.74, 6) is 0.0530. The number of amides is 1. The van der Waals surface area contributed by atoms with Crippen molar-refractivity contribution in [3.8, 4) is 0 Å². The molecule has 1 amide bonds. The van der Waals surface area contributed by atoms with Crippen molar-refractivity contribution in [2.75, 3.05) is 26.7 Å². The summed E-state index contributed by atoms with van der Waals surface area (Å²) < 4.78 is 0.981. The fraction of sp³-hybridized carbons (Fsp3) is 0.462. The van der Waals surface area contributed by atoms with Gasteiger partial charge in [0, 0.05) is 42.7 Å². The average molecular weight is 347 g/mol. The molecule has 0 aliphatic carbocycles. The van der Waals surface area contributed by atoms with E-state index in [1.807, 2.05) is 18.2 Å². The Hall–Kier alpha value is -0.620. The highest BCUT2D eigenvalue weighted by Gasteiger charge is 2.28. The number of carbonyl (C=O) groups excluding carboxylic acids is 1.